The average molecular weight is 233 g/mol. The van der Waals surface area contributed by atoms with Crippen LogP contribution in [0, 0.1) is 5.82 Å². The molecule has 0 aliphatic rings. The van der Waals surface area contributed by atoms with Crippen LogP contribution in [0.3, 0.4) is 0 Å². The number of nitrogens with one attached hydrogen (secondary N) is 1. The molecule has 0 radical (unpaired) electrons. The number of halogens is 1. The van der Waals surface area contributed by atoms with Crippen molar-refractivity contribution >= 4 is 0 Å². The molecule has 17 heavy (non-hydrogen) atoms. The van der Waals surface area contributed by atoms with Crippen molar-refractivity contribution in [3.05, 3.63) is 59.8 Å². The highest BCUT2D eigenvalue weighted by Gasteiger charge is 2.12. The first-order chi connectivity index (χ1) is 8.16. The minimum absolute atomic E-state index is 0.130. The first kappa shape index (κ1) is 11.9. The van der Waals surface area contributed by atoms with Gasteiger partial charge in [0.25, 0.3) is 0 Å². The third kappa shape index (κ3) is 2.94. The van der Waals surface area contributed by atoms with Gasteiger partial charge in [0, 0.05) is 6.04 Å². The van der Waals surface area contributed by atoms with E-state index in [1.54, 1.807) is 18.4 Å². The molecular weight excluding hydrogens is 217 g/mol. The smallest absolute Gasteiger partial charge is 0.123 e. The van der Waals surface area contributed by atoms with Gasteiger partial charge >= 0.3 is 0 Å². The second-order valence-corrected chi connectivity index (χ2v) is 4.18. The van der Waals surface area contributed by atoms with Gasteiger partial charge in [0.2, 0.25) is 0 Å². The lowest BCUT2D eigenvalue weighted by Gasteiger charge is -2.18. The number of benzene rings is 1. The molecule has 0 bridgehead atoms. The summed E-state index contributed by atoms with van der Waals surface area (Å²) in [5.41, 5.74) is 1.06. The highest BCUT2D eigenvalue weighted by molar-refractivity contribution is 5.19. The molecule has 2 nitrogen and oxygen atoms in total. The largest absolute Gasteiger partial charge is 0.468 e. The second kappa shape index (κ2) is 5.15. The summed E-state index contributed by atoms with van der Waals surface area (Å²) in [6.45, 7) is 4.09. The van der Waals surface area contributed by atoms with E-state index in [0.29, 0.717) is 0 Å². The molecule has 1 unspecified atom stereocenters. The van der Waals surface area contributed by atoms with E-state index in [9.17, 15) is 4.39 Å². The number of rotatable bonds is 4. The van der Waals surface area contributed by atoms with Crippen molar-refractivity contribution in [3.8, 4) is 0 Å². The van der Waals surface area contributed by atoms with Crippen LogP contribution in [-0.2, 0) is 0 Å². The van der Waals surface area contributed by atoms with Crippen LogP contribution < -0.4 is 5.32 Å². The van der Waals surface area contributed by atoms with Crippen LogP contribution >= 0.6 is 0 Å². The van der Waals surface area contributed by atoms with Crippen molar-refractivity contribution in [1.29, 1.82) is 0 Å². The quantitative estimate of drug-likeness (QED) is 0.868. The monoisotopic (exact) mass is 233 g/mol. The average Bonchev–Trinajstić information content (AvgIpc) is 2.83. The van der Waals surface area contributed by atoms with Crippen molar-refractivity contribution in [3.63, 3.8) is 0 Å². The molecular formula is C14H16FNO. The standard InChI is InChI=1S/C14H16FNO/c1-10(12-5-7-13(15)8-6-12)16-11(2)14-4-3-9-17-14/h3-11,16H,1-2H3/t10-,11?/m1/s1. The third-order valence-corrected chi connectivity index (χ3v) is 2.84. The van der Waals surface area contributed by atoms with Gasteiger partial charge in [-0.15, -0.1) is 0 Å². The number of hydrogen-bond acceptors (Lipinski definition) is 2. The van der Waals surface area contributed by atoms with Crippen molar-refractivity contribution < 1.29 is 8.81 Å². The van der Waals surface area contributed by atoms with Gasteiger partial charge in [0.05, 0.1) is 12.3 Å². The van der Waals surface area contributed by atoms with Crippen LogP contribution in [-0.4, -0.2) is 0 Å². The summed E-state index contributed by atoms with van der Waals surface area (Å²) in [7, 11) is 0. The summed E-state index contributed by atoms with van der Waals surface area (Å²) in [6, 6.07) is 10.6. The number of hydrogen-bond donors (Lipinski definition) is 1. The zero-order valence-corrected chi connectivity index (χ0v) is 9.98. The molecule has 0 aliphatic heterocycles. The first-order valence-corrected chi connectivity index (χ1v) is 5.71. The molecule has 2 atom stereocenters. The van der Waals surface area contributed by atoms with E-state index in [2.05, 4.69) is 5.32 Å². The molecule has 0 aliphatic carbocycles. The molecule has 1 aromatic carbocycles. The molecule has 2 aromatic rings. The van der Waals surface area contributed by atoms with Crippen molar-refractivity contribution in [2.24, 2.45) is 0 Å². The summed E-state index contributed by atoms with van der Waals surface area (Å²) in [6.07, 6.45) is 1.66. The van der Waals surface area contributed by atoms with E-state index in [4.69, 9.17) is 4.42 Å². The summed E-state index contributed by atoms with van der Waals surface area (Å²) >= 11 is 0. The minimum Gasteiger partial charge on any atom is -0.468 e. The van der Waals surface area contributed by atoms with Crippen LogP contribution in [0.4, 0.5) is 4.39 Å². The van der Waals surface area contributed by atoms with Crippen LogP contribution in [0.15, 0.2) is 47.1 Å². The van der Waals surface area contributed by atoms with Crippen molar-refractivity contribution in [2.45, 2.75) is 25.9 Å². The normalized spacial score (nSPS) is 14.5. The van der Waals surface area contributed by atoms with Gasteiger partial charge in [-0.3, -0.25) is 0 Å². The lowest BCUT2D eigenvalue weighted by atomic mass is 10.1. The van der Waals surface area contributed by atoms with E-state index in [1.165, 1.54) is 12.1 Å². The summed E-state index contributed by atoms with van der Waals surface area (Å²) in [5, 5.41) is 3.40. The highest BCUT2D eigenvalue weighted by atomic mass is 19.1. The predicted molar refractivity (Wildman–Crippen MR) is 65.1 cm³/mol. The molecule has 0 saturated carbocycles. The van der Waals surface area contributed by atoms with Gasteiger partial charge in [-0.05, 0) is 43.7 Å². The van der Waals surface area contributed by atoms with Gasteiger partial charge in [0.15, 0.2) is 0 Å². The Hall–Kier alpha value is -1.61. The maximum absolute atomic E-state index is 12.8. The molecule has 1 N–H and O–H groups in total. The Morgan fingerprint density at radius 2 is 1.76 bits per heavy atom. The summed E-state index contributed by atoms with van der Waals surface area (Å²) in [4.78, 5) is 0. The van der Waals surface area contributed by atoms with Crippen LogP contribution in [0.2, 0.25) is 0 Å². The second-order valence-electron chi connectivity index (χ2n) is 4.18. The highest BCUT2D eigenvalue weighted by Crippen LogP contribution is 2.19. The molecule has 0 spiro atoms. The predicted octanol–water partition coefficient (Wildman–Crippen LogP) is 3.83. The van der Waals surface area contributed by atoms with E-state index in [-0.39, 0.29) is 17.9 Å². The van der Waals surface area contributed by atoms with Gasteiger partial charge in [-0.2, -0.15) is 0 Å². The van der Waals surface area contributed by atoms with E-state index < -0.39 is 0 Å². The maximum atomic E-state index is 12.8. The Morgan fingerprint density at radius 1 is 1.06 bits per heavy atom. The van der Waals surface area contributed by atoms with Crippen molar-refractivity contribution in [1.82, 2.24) is 5.32 Å². The summed E-state index contributed by atoms with van der Waals surface area (Å²) in [5.74, 6) is 0.694. The Morgan fingerprint density at radius 3 is 2.35 bits per heavy atom. The Kier molecular flexibility index (Phi) is 3.59. The Bertz CT molecular complexity index is 450. The third-order valence-electron chi connectivity index (χ3n) is 2.84. The fourth-order valence-electron chi connectivity index (χ4n) is 1.84. The summed E-state index contributed by atoms with van der Waals surface area (Å²) < 4.78 is 18.1. The first-order valence-electron chi connectivity index (χ1n) is 5.71. The Labute approximate surface area is 100 Å². The lowest BCUT2D eigenvalue weighted by Crippen LogP contribution is -2.22. The maximum Gasteiger partial charge on any atom is 0.123 e. The molecule has 1 aromatic heterocycles. The number of furan rings is 1. The molecule has 0 amide bonds. The zero-order valence-electron chi connectivity index (χ0n) is 9.98. The van der Waals surface area contributed by atoms with Crippen molar-refractivity contribution in [2.75, 3.05) is 0 Å². The SMILES string of the molecule is CC(N[C@H](C)c1ccc(F)cc1)c1ccco1. The van der Waals surface area contributed by atoms with E-state index in [1.807, 2.05) is 26.0 Å². The lowest BCUT2D eigenvalue weighted by molar-refractivity contribution is 0.403. The molecule has 1 heterocycles. The molecule has 0 fully saturated rings. The van der Waals surface area contributed by atoms with E-state index in [0.717, 1.165) is 11.3 Å². The van der Waals surface area contributed by atoms with Crippen LogP contribution in [0.5, 0.6) is 0 Å². The van der Waals surface area contributed by atoms with E-state index >= 15 is 0 Å². The molecule has 2 rings (SSSR count). The van der Waals surface area contributed by atoms with Gasteiger partial charge in [-0.1, -0.05) is 12.1 Å². The van der Waals surface area contributed by atoms with Gasteiger partial charge in [-0.25, -0.2) is 4.39 Å². The topological polar surface area (TPSA) is 25.2 Å². The molecule has 0 saturated heterocycles. The van der Waals surface area contributed by atoms with Crippen LogP contribution in [0.25, 0.3) is 0 Å². The van der Waals surface area contributed by atoms with Gasteiger partial charge in [0.1, 0.15) is 11.6 Å². The zero-order chi connectivity index (χ0) is 12.3. The van der Waals surface area contributed by atoms with Gasteiger partial charge < -0.3 is 9.73 Å². The fourth-order valence-corrected chi connectivity index (χ4v) is 1.84. The minimum atomic E-state index is -0.208. The molecule has 3 heteroatoms. The Balaban J connectivity index is 2.01. The molecule has 90 valence electrons. The van der Waals surface area contributed by atoms with Crippen LogP contribution in [0.1, 0.15) is 37.3 Å². The fraction of sp³-hybridized carbons (Fsp3) is 0.286.